The Labute approximate surface area is 108 Å². The molecule has 1 aromatic carbocycles. The number of hydrogen-bond acceptors (Lipinski definition) is 2. The van der Waals surface area contributed by atoms with Crippen LogP contribution in [-0.4, -0.2) is 17.5 Å². The lowest BCUT2D eigenvalue weighted by Gasteiger charge is -2.26. The Bertz CT molecular complexity index is 344. The molecule has 0 unspecified atom stereocenters. The summed E-state index contributed by atoms with van der Waals surface area (Å²) < 4.78 is 0. The van der Waals surface area contributed by atoms with Crippen molar-refractivity contribution in [3.8, 4) is 5.75 Å². The van der Waals surface area contributed by atoms with Crippen LogP contribution in [0.5, 0.6) is 5.75 Å². The SMILES string of the molecule is Oc1ccc(CNCC2(CCl)CCCC2)cc1. The normalized spacial score (nSPS) is 18.4. The number of halogens is 1. The van der Waals surface area contributed by atoms with E-state index in [0.717, 1.165) is 19.0 Å². The third-order valence-electron chi connectivity index (χ3n) is 3.71. The van der Waals surface area contributed by atoms with E-state index in [1.165, 1.54) is 31.2 Å². The van der Waals surface area contributed by atoms with E-state index in [1.54, 1.807) is 12.1 Å². The summed E-state index contributed by atoms with van der Waals surface area (Å²) in [6.45, 7) is 1.84. The van der Waals surface area contributed by atoms with Gasteiger partial charge < -0.3 is 10.4 Å². The van der Waals surface area contributed by atoms with Crippen molar-refractivity contribution >= 4 is 11.6 Å². The van der Waals surface area contributed by atoms with Crippen LogP contribution in [0, 0.1) is 5.41 Å². The van der Waals surface area contributed by atoms with Gasteiger partial charge in [0.05, 0.1) is 0 Å². The molecule has 1 fully saturated rings. The monoisotopic (exact) mass is 253 g/mol. The summed E-state index contributed by atoms with van der Waals surface area (Å²) in [6.07, 6.45) is 5.12. The maximum absolute atomic E-state index is 9.20. The molecule has 1 aromatic rings. The second kappa shape index (κ2) is 5.74. The fourth-order valence-electron chi connectivity index (χ4n) is 2.57. The zero-order chi connectivity index (χ0) is 12.1. The highest BCUT2D eigenvalue weighted by atomic mass is 35.5. The highest BCUT2D eigenvalue weighted by Gasteiger charge is 2.32. The first-order valence-corrected chi connectivity index (χ1v) is 6.82. The first kappa shape index (κ1) is 12.7. The zero-order valence-electron chi connectivity index (χ0n) is 10.1. The minimum atomic E-state index is 0.318. The summed E-state index contributed by atoms with van der Waals surface area (Å²) in [5, 5.41) is 12.7. The van der Waals surface area contributed by atoms with E-state index in [2.05, 4.69) is 5.32 Å². The molecule has 2 N–H and O–H groups in total. The van der Waals surface area contributed by atoms with Crippen molar-refractivity contribution in [3.63, 3.8) is 0 Å². The molecule has 1 aliphatic carbocycles. The summed E-state index contributed by atoms with van der Waals surface area (Å²) in [5.41, 5.74) is 1.52. The molecule has 0 atom stereocenters. The maximum Gasteiger partial charge on any atom is 0.115 e. The van der Waals surface area contributed by atoms with Crippen LogP contribution in [-0.2, 0) is 6.54 Å². The molecule has 0 heterocycles. The van der Waals surface area contributed by atoms with Crippen LogP contribution in [0.15, 0.2) is 24.3 Å². The average Bonchev–Trinajstić information content (AvgIpc) is 2.81. The van der Waals surface area contributed by atoms with Crippen molar-refractivity contribution in [2.24, 2.45) is 5.41 Å². The van der Waals surface area contributed by atoms with Crippen LogP contribution in [0.2, 0.25) is 0 Å². The van der Waals surface area contributed by atoms with Crippen LogP contribution in [0.1, 0.15) is 31.2 Å². The average molecular weight is 254 g/mol. The molecule has 0 radical (unpaired) electrons. The lowest BCUT2D eigenvalue weighted by molar-refractivity contribution is 0.320. The Balaban J connectivity index is 1.80. The first-order chi connectivity index (χ1) is 8.24. The van der Waals surface area contributed by atoms with Crippen LogP contribution >= 0.6 is 11.6 Å². The smallest absolute Gasteiger partial charge is 0.115 e. The van der Waals surface area contributed by atoms with Gasteiger partial charge in [-0.05, 0) is 36.0 Å². The number of phenolic OH excluding ortho intramolecular Hbond substituents is 1. The molecule has 0 amide bonds. The van der Waals surface area contributed by atoms with Crippen LogP contribution in [0.25, 0.3) is 0 Å². The maximum atomic E-state index is 9.20. The van der Waals surface area contributed by atoms with Crippen molar-refractivity contribution in [3.05, 3.63) is 29.8 Å². The third-order valence-corrected chi connectivity index (χ3v) is 4.28. The van der Waals surface area contributed by atoms with Gasteiger partial charge in [0.25, 0.3) is 0 Å². The van der Waals surface area contributed by atoms with Gasteiger partial charge in [-0.1, -0.05) is 25.0 Å². The first-order valence-electron chi connectivity index (χ1n) is 6.29. The highest BCUT2D eigenvalue weighted by molar-refractivity contribution is 6.18. The number of phenols is 1. The molecular formula is C14H20ClNO. The van der Waals surface area contributed by atoms with Crippen LogP contribution in [0.3, 0.4) is 0 Å². The number of hydrogen-bond donors (Lipinski definition) is 2. The van der Waals surface area contributed by atoms with Crippen molar-refractivity contribution in [2.45, 2.75) is 32.2 Å². The molecule has 0 saturated heterocycles. The van der Waals surface area contributed by atoms with Gasteiger partial charge in [-0.2, -0.15) is 0 Å². The van der Waals surface area contributed by atoms with Crippen molar-refractivity contribution in [1.29, 1.82) is 0 Å². The fraction of sp³-hybridized carbons (Fsp3) is 0.571. The molecule has 2 rings (SSSR count). The molecule has 0 aliphatic heterocycles. The Kier molecular flexibility index (Phi) is 4.30. The largest absolute Gasteiger partial charge is 0.508 e. The quantitative estimate of drug-likeness (QED) is 0.790. The van der Waals surface area contributed by atoms with E-state index < -0.39 is 0 Å². The van der Waals surface area contributed by atoms with Gasteiger partial charge in [0, 0.05) is 19.0 Å². The summed E-state index contributed by atoms with van der Waals surface area (Å²) in [5.74, 6) is 1.08. The van der Waals surface area contributed by atoms with Crippen LogP contribution < -0.4 is 5.32 Å². The fourth-order valence-corrected chi connectivity index (χ4v) is 2.93. The summed E-state index contributed by atoms with van der Waals surface area (Å²) in [7, 11) is 0. The molecule has 94 valence electrons. The van der Waals surface area contributed by atoms with Gasteiger partial charge in [0.1, 0.15) is 5.75 Å². The minimum absolute atomic E-state index is 0.318. The zero-order valence-corrected chi connectivity index (χ0v) is 10.8. The van der Waals surface area contributed by atoms with E-state index >= 15 is 0 Å². The topological polar surface area (TPSA) is 32.3 Å². The second-order valence-electron chi connectivity index (χ2n) is 5.11. The molecule has 0 bridgehead atoms. The van der Waals surface area contributed by atoms with E-state index in [1.807, 2.05) is 12.1 Å². The summed E-state index contributed by atoms with van der Waals surface area (Å²) >= 11 is 6.09. The predicted octanol–water partition coefficient (Wildman–Crippen LogP) is 3.28. The van der Waals surface area contributed by atoms with E-state index in [9.17, 15) is 5.11 Å². The Morgan fingerprint density at radius 2 is 1.82 bits per heavy atom. The molecule has 0 spiro atoms. The van der Waals surface area contributed by atoms with Crippen molar-refractivity contribution in [1.82, 2.24) is 5.32 Å². The molecule has 0 aromatic heterocycles. The lowest BCUT2D eigenvalue weighted by atomic mass is 9.88. The number of nitrogens with one attached hydrogen (secondary N) is 1. The molecule has 3 heteroatoms. The molecule has 1 aliphatic rings. The van der Waals surface area contributed by atoms with Gasteiger partial charge >= 0.3 is 0 Å². The predicted molar refractivity (Wildman–Crippen MR) is 71.4 cm³/mol. The van der Waals surface area contributed by atoms with Crippen molar-refractivity contribution < 1.29 is 5.11 Å². The number of alkyl halides is 1. The van der Waals surface area contributed by atoms with Gasteiger partial charge in [-0.25, -0.2) is 0 Å². The van der Waals surface area contributed by atoms with Crippen LogP contribution in [0.4, 0.5) is 0 Å². The van der Waals surface area contributed by atoms with E-state index in [4.69, 9.17) is 11.6 Å². The molecule has 17 heavy (non-hydrogen) atoms. The molecule has 2 nitrogen and oxygen atoms in total. The standard InChI is InChI=1S/C14H20ClNO/c15-10-14(7-1-2-8-14)11-16-9-12-3-5-13(17)6-4-12/h3-6,16-17H,1-2,7-11H2. The second-order valence-corrected chi connectivity index (χ2v) is 5.38. The Hall–Kier alpha value is -0.730. The lowest BCUT2D eigenvalue weighted by Crippen LogP contribution is -2.33. The van der Waals surface area contributed by atoms with Crippen molar-refractivity contribution in [2.75, 3.05) is 12.4 Å². The number of rotatable bonds is 5. The van der Waals surface area contributed by atoms with Gasteiger partial charge in [0.2, 0.25) is 0 Å². The molecule has 1 saturated carbocycles. The number of aromatic hydroxyl groups is 1. The summed E-state index contributed by atoms with van der Waals surface area (Å²) in [6, 6.07) is 7.35. The third kappa shape index (κ3) is 3.36. The minimum Gasteiger partial charge on any atom is -0.508 e. The van der Waals surface area contributed by atoms with Gasteiger partial charge in [-0.15, -0.1) is 11.6 Å². The number of benzene rings is 1. The summed E-state index contributed by atoms with van der Waals surface area (Å²) in [4.78, 5) is 0. The van der Waals surface area contributed by atoms with Gasteiger partial charge in [-0.3, -0.25) is 0 Å². The van der Waals surface area contributed by atoms with E-state index in [-0.39, 0.29) is 0 Å². The Morgan fingerprint density at radius 3 is 2.41 bits per heavy atom. The van der Waals surface area contributed by atoms with Gasteiger partial charge in [0.15, 0.2) is 0 Å². The Morgan fingerprint density at radius 1 is 1.18 bits per heavy atom. The molecular weight excluding hydrogens is 234 g/mol. The van der Waals surface area contributed by atoms with E-state index in [0.29, 0.717) is 11.2 Å². The highest BCUT2D eigenvalue weighted by Crippen LogP contribution is 2.38.